The second-order valence-corrected chi connectivity index (χ2v) is 5.34. The highest BCUT2D eigenvalue weighted by Crippen LogP contribution is 2.33. The fourth-order valence-electron chi connectivity index (χ4n) is 2.62. The van der Waals surface area contributed by atoms with E-state index in [1.54, 1.807) is 0 Å². The van der Waals surface area contributed by atoms with Crippen molar-refractivity contribution in [3.63, 3.8) is 0 Å². The monoisotopic (exact) mass is 287 g/mol. The molecule has 2 N–H and O–H groups in total. The zero-order valence-electron chi connectivity index (χ0n) is 11.4. The maximum absolute atomic E-state index is 12.6. The number of ether oxygens (including phenoxy) is 1. The Morgan fingerprint density at radius 3 is 2.45 bits per heavy atom. The summed E-state index contributed by atoms with van der Waals surface area (Å²) < 4.78 is 43.6. The molecule has 1 fully saturated rings. The summed E-state index contributed by atoms with van der Waals surface area (Å²) in [5.41, 5.74) is 5.26. The van der Waals surface area contributed by atoms with E-state index >= 15 is 0 Å². The molecule has 1 saturated carbocycles. The molecule has 1 aliphatic rings. The lowest BCUT2D eigenvalue weighted by Gasteiger charge is -2.22. The molecule has 0 saturated heterocycles. The Bertz CT molecular complexity index is 439. The molecule has 1 aliphatic carbocycles. The van der Waals surface area contributed by atoms with Crippen LogP contribution in [0, 0.1) is 5.92 Å². The van der Waals surface area contributed by atoms with Gasteiger partial charge < -0.3 is 10.5 Å². The van der Waals surface area contributed by atoms with Gasteiger partial charge in [-0.05, 0) is 37.0 Å². The summed E-state index contributed by atoms with van der Waals surface area (Å²) >= 11 is 0. The Labute approximate surface area is 117 Å². The second kappa shape index (κ2) is 6.48. The van der Waals surface area contributed by atoms with Crippen LogP contribution >= 0.6 is 0 Å². The number of halogens is 3. The van der Waals surface area contributed by atoms with E-state index in [4.69, 9.17) is 10.5 Å². The molecule has 0 atom stereocenters. The minimum Gasteiger partial charge on any atom is -0.493 e. The molecule has 0 aliphatic heterocycles. The van der Waals surface area contributed by atoms with Gasteiger partial charge in [-0.1, -0.05) is 19.3 Å². The number of nitrogens with two attached hydrogens (primary N) is 1. The Hall–Kier alpha value is -1.23. The van der Waals surface area contributed by atoms with Crippen molar-refractivity contribution in [3.8, 4) is 5.75 Å². The molecule has 0 unspecified atom stereocenters. The minimum atomic E-state index is -4.34. The van der Waals surface area contributed by atoms with Gasteiger partial charge in [0.25, 0.3) is 0 Å². The van der Waals surface area contributed by atoms with Crippen LogP contribution in [-0.2, 0) is 12.7 Å². The van der Waals surface area contributed by atoms with Crippen LogP contribution in [0.4, 0.5) is 13.2 Å². The van der Waals surface area contributed by atoms with E-state index in [1.165, 1.54) is 25.3 Å². The number of hydrogen-bond donors (Lipinski definition) is 1. The molecule has 20 heavy (non-hydrogen) atoms. The van der Waals surface area contributed by atoms with E-state index in [0.29, 0.717) is 23.8 Å². The van der Waals surface area contributed by atoms with Crippen LogP contribution in [0.25, 0.3) is 0 Å². The van der Waals surface area contributed by atoms with E-state index in [9.17, 15) is 13.2 Å². The van der Waals surface area contributed by atoms with E-state index in [0.717, 1.165) is 25.0 Å². The quantitative estimate of drug-likeness (QED) is 0.904. The fourth-order valence-corrected chi connectivity index (χ4v) is 2.62. The highest BCUT2D eigenvalue weighted by Gasteiger charge is 2.31. The Morgan fingerprint density at radius 1 is 1.15 bits per heavy atom. The summed E-state index contributed by atoms with van der Waals surface area (Å²) in [5.74, 6) is 0.989. The van der Waals surface area contributed by atoms with Gasteiger partial charge in [-0.15, -0.1) is 0 Å². The lowest BCUT2D eigenvalue weighted by atomic mass is 9.90. The topological polar surface area (TPSA) is 35.2 Å². The predicted octanol–water partition coefficient (Wildman–Crippen LogP) is 4.12. The van der Waals surface area contributed by atoms with Crippen LogP contribution in [0.1, 0.15) is 43.2 Å². The maximum atomic E-state index is 12.6. The molecule has 0 spiro atoms. The third-order valence-electron chi connectivity index (χ3n) is 3.81. The summed E-state index contributed by atoms with van der Waals surface area (Å²) in [6, 6.07) is 3.51. The highest BCUT2D eigenvalue weighted by atomic mass is 19.4. The molecule has 112 valence electrons. The van der Waals surface area contributed by atoms with Crippen molar-refractivity contribution in [1.29, 1.82) is 0 Å². The average Bonchev–Trinajstić information content (AvgIpc) is 2.45. The summed E-state index contributed by atoms with van der Waals surface area (Å²) in [6.45, 7) is 0.613. The molecule has 0 heterocycles. The molecule has 0 radical (unpaired) electrons. The third kappa shape index (κ3) is 3.88. The standard InChI is InChI=1S/C15H20F3NO/c16-15(17,18)13-6-7-14(12(8-13)9-19)20-10-11-4-2-1-3-5-11/h6-8,11H,1-5,9-10,19H2. The van der Waals surface area contributed by atoms with E-state index in [2.05, 4.69) is 0 Å². The summed E-state index contributed by atoms with van der Waals surface area (Å²) in [5, 5.41) is 0. The van der Waals surface area contributed by atoms with Gasteiger partial charge in [-0.3, -0.25) is 0 Å². The molecule has 2 nitrogen and oxygen atoms in total. The number of rotatable bonds is 4. The van der Waals surface area contributed by atoms with Crippen molar-refractivity contribution in [2.45, 2.75) is 44.8 Å². The van der Waals surface area contributed by atoms with Crippen LogP contribution < -0.4 is 10.5 Å². The van der Waals surface area contributed by atoms with Gasteiger partial charge in [0.15, 0.2) is 0 Å². The lowest BCUT2D eigenvalue weighted by Crippen LogP contribution is -2.16. The van der Waals surface area contributed by atoms with E-state index in [1.807, 2.05) is 0 Å². The van der Waals surface area contributed by atoms with Gasteiger partial charge in [-0.2, -0.15) is 13.2 Å². The zero-order chi connectivity index (χ0) is 14.6. The van der Waals surface area contributed by atoms with E-state index in [-0.39, 0.29) is 6.54 Å². The molecule has 5 heteroatoms. The summed E-state index contributed by atoms with van der Waals surface area (Å²) in [7, 11) is 0. The third-order valence-corrected chi connectivity index (χ3v) is 3.81. The van der Waals surface area contributed by atoms with Crippen molar-refractivity contribution in [1.82, 2.24) is 0 Å². The fraction of sp³-hybridized carbons (Fsp3) is 0.600. The zero-order valence-corrected chi connectivity index (χ0v) is 11.4. The lowest BCUT2D eigenvalue weighted by molar-refractivity contribution is -0.137. The Kier molecular flexibility index (Phi) is 4.91. The van der Waals surface area contributed by atoms with Gasteiger partial charge in [0.05, 0.1) is 12.2 Å². The molecule has 1 aromatic rings. The summed E-state index contributed by atoms with van der Waals surface area (Å²) in [4.78, 5) is 0. The first-order valence-electron chi connectivity index (χ1n) is 7.03. The SMILES string of the molecule is NCc1cc(C(F)(F)F)ccc1OCC1CCCCC1. The normalized spacial score (nSPS) is 17.2. The van der Waals surface area contributed by atoms with Crippen LogP contribution in [0.15, 0.2) is 18.2 Å². The predicted molar refractivity (Wildman–Crippen MR) is 71.4 cm³/mol. The van der Waals surface area contributed by atoms with Crippen LogP contribution in [0.2, 0.25) is 0 Å². The van der Waals surface area contributed by atoms with Crippen molar-refractivity contribution in [2.75, 3.05) is 6.61 Å². The van der Waals surface area contributed by atoms with Crippen molar-refractivity contribution < 1.29 is 17.9 Å². The average molecular weight is 287 g/mol. The van der Waals surface area contributed by atoms with Crippen molar-refractivity contribution in [3.05, 3.63) is 29.3 Å². The summed E-state index contributed by atoms with van der Waals surface area (Å²) in [6.07, 6.45) is 1.63. The first-order chi connectivity index (χ1) is 9.50. The molecule has 0 bridgehead atoms. The first kappa shape index (κ1) is 15.2. The Morgan fingerprint density at radius 2 is 1.85 bits per heavy atom. The maximum Gasteiger partial charge on any atom is 0.416 e. The molecule has 1 aromatic carbocycles. The number of hydrogen-bond acceptors (Lipinski definition) is 2. The van der Waals surface area contributed by atoms with Crippen LogP contribution in [0.3, 0.4) is 0 Å². The van der Waals surface area contributed by atoms with E-state index < -0.39 is 11.7 Å². The van der Waals surface area contributed by atoms with Gasteiger partial charge in [0.1, 0.15) is 5.75 Å². The van der Waals surface area contributed by atoms with Gasteiger partial charge in [-0.25, -0.2) is 0 Å². The van der Waals surface area contributed by atoms with Crippen LogP contribution in [0.5, 0.6) is 5.75 Å². The van der Waals surface area contributed by atoms with Crippen molar-refractivity contribution in [2.24, 2.45) is 11.7 Å². The molecular weight excluding hydrogens is 267 g/mol. The largest absolute Gasteiger partial charge is 0.493 e. The first-order valence-corrected chi connectivity index (χ1v) is 7.03. The molecule has 0 amide bonds. The molecule has 0 aromatic heterocycles. The van der Waals surface area contributed by atoms with Crippen molar-refractivity contribution >= 4 is 0 Å². The Balaban J connectivity index is 2.03. The number of alkyl halides is 3. The van der Waals surface area contributed by atoms with Gasteiger partial charge >= 0.3 is 6.18 Å². The smallest absolute Gasteiger partial charge is 0.416 e. The highest BCUT2D eigenvalue weighted by molar-refractivity contribution is 5.38. The van der Waals surface area contributed by atoms with Gasteiger partial charge in [0.2, 0.25) is 0 Å². The van der Waals surface area contributed by atoms with Crippen LogP contribution in [-0.4, -0.2) is 6.61 Å². The molecule has 2 rings (SSSR count). The number of benzene rings is 1. The minimum absolute atomic E-state index is 0.0456. The second-order valence-electron chi connectivity index (χ2n) is 5.34. The molecular formula is C15H20F3NO. The van der Waals surface area contributed by atoms with Gasteiger partial charge in [0, 0.05) is 12.1 Å².